The lowest BCUT2D eigenvalue weighted by Crippen LogP contribution is -2.10. The number of hydrogen-bond acceptors (Lipinski definition) is 4. The highest BCUT2D eigenvalue weighted by Crippen LogP contribution is 2.15. The molecule has 18 heavy (non-hydrogen) atoms. The summed E-state index contributed by atoms with van der Waals surface area (Å²) < 4.78 is 17.9. The van der Waals surface area contributed by atoms with Crippen LogP contribution in [0.25, 0.3) is 0 Å². The van der Waals surface area contributed by atoms with E-state index >= 15 is 0 Å². The first-order chi connectivity index (χ1) is 8.69. The molecule has 0 aliphatic carbocycles. The summed E-state index contributed by atoms with van der Waals surface area (Å²) in [4.78, 5) is 16.6. The fourth-order valence-corrected chi connectivity index (χ4v) is 1.67. The molecule has 0 saturated heterocycles. The maximum atomic E-state index is 12.9. The summed E-state index contributed by atoms with van der Waals surface area (Å²) in [5.74, 6) is -0.894. The summed E-state index contributed by atoms with van der Waals surface area (Å²) in [6.45, 7) is 0. The van der Waals surface area contributed by atoms with Crippen molar-refractivity contribution in [3.63, 3.8) is 0 Å². The summed E-state index contributed by atoms with van der Waals surface area (Å²) in [6, 6.07) is 8.77. The van der Waals surface area contributed by atoms with Crippen molar-refractivity contribution in [2.75, 3.05) is 6.26 Å². The topological polar surface area (TPSA) is 39.2 Å². The van der Waals surface area contributed by atoms with E-state index in [4.69, 9.17) is 4.74 Å². The van der Waals surface area contributed by atoms with E-state index < -0.39 is 11.8 Å². The molecule has 0 atom stereocenters. The Morgan fingerprint density at radius 1 is 1.33 bits per heavy atom. The summed E-state index contributed by atoms with van der Waals surface area (Å²) in [5.41, 5.74) is 0.192. The van der Waals surface area contributed by atoms with Crippen LogP contribution in [-0.4, -0.2) is 17.2 Å². The molecule has 0 amide bonds. The van der Waals surface area contributed by atoms with Gasteiger partial charge in [-0.15, -0.1) is 11.8 Å². The molecule has 0 spiro atoms. The van der Waals surface area contributed by atoms with E-state index in [2.05, 4.69) is 4.98 Å². The third-order valence-electron chi connectivity index (χ3n) is 2.19. The number of esters is 1. The molecule has 0 aliphatic rings. The fourth-order valence-electron chi connectivity index (χ4n) is 1.31. The lowest BCUT2D eigenvalue weighted by Gasteiger charge is -2.04. The summed E-state index contributed by atoms with van der Waals surface area (Å²) in [5, 5.41) is 0. The number of hydrogen-bond donors (Lipinski definition) is 0. The molecule has 0 saturated carbocycles. The molecule has 0 fully saturated rings. The van der Waals surface area contributed by atoms with Crippen LogP contribution in [0.4, 0.5) is 4.39 Å². The van der Waals surface area contributed by atoms with Gasteiger partial charge in [0.2, 0.25) is 0 Å². The van der Waals surface area contributed by atoms with E-state index in [-0.39, 0.29) is 11.4 Å². The van der Waals surface area contributed by atoms with Gasteiger partial charge < -0.3 is 4.74 Å². The zero-order chi connectivity index (χ0) is 13.0. The number of aromatic nitrogens is 1. The number of ether oxygens (including phenoxy) is 1. The predicted molar refractivity (Wildman–Crippen MR) is 67.4 cm³/mol. The lowest BCUT2D eigenvalue weighted by molar-refractivity contribution is 0.0728. The van der Waals surface area contributed by atoms with Crippen LogP contribution in [0.2, 0.25) is 0 Å². The van der Waals surface area contributed by atoms with Gasteiger partial charge in [0, 0.05) is 17.2 Å². The molecule has 0 bridgehead atoms. The van der Waals surface area contributed by atoms with Crippen molar-refractivity contribution < 1.29 is 13.9 Å². The number of carbonyl (C=O) groups excluding carboxylic acids is 1. The minimum absolute atomic E-state index is 0.163. The Labute approximate surface area is 108 Å². The molecule has 1 aromatic heterocycles. The largest absolute Gasteiger partial charge is 0.422 e. The van der Waals surface area contributed by atoms with Crippen molar-refractivity contribution in [2.45, 2.75) is 4.90 Å². The average Bonchev–Trinajstić information content (AvgIpc) is 2.39. The van der Waals surface area contributed by atoms with Gasteiger partial charge in [0.1, 0.15) is 17.3 Å². The fraction of sp³-hybridized carbons (Fsp3) is 0.0769. The van der Waals surface area contributed by atoms with Crippen molar-refractivity contribution in [3.05, 3.63) is 54.1 Å². The SMILES string of the molecule is CSc1ccc(C(=O)Oc2cccc(F)c2)nc1. The Bertz CT molecular complexity index is 557. The highest BCUT2D eigenvalue weighted by Gasteiger charge is 2.10. The molecule has 3 nitrogen and oxygen atoms in total. The quantitative estimate of drug-likeness (QED) is 0.484. The van der Waals surface area contributed by atoms with Crippen LogP contribution >= 0.6 is 11.8 Å². The molecular formula is C13H10FNO2S. The zero-order valence-electron chi connectivity index (χ0n) is 9.59. The van der Waals surface area contributed by atoms with Gasteiger partial charge >= 0.3 is 5.97 Å². The smallest absolute Gasteiger partial charge is 0.362 e. The Hall–Kier alpha value is -1.88. The Morgan fingerprint density at radius 2 is 2.17 bits per heavy atom. The number of thioether (sulfide) groups is 1. The Balaban J connectivity index is 2.11. The first-order valence-electron chi connectivity index (χ1n) is 5.17. The number of benzene rings is 1. The summed E-state index contributed by atoms with van der Waals surface area (Å²) in [6.07, 6.45) is 3.51. The van der Waals surface area contributed by atoms with Crippen molar-refractivity contribution in [1.82, 2.24) is 4.98 Å². The van der Waals surface area contributed by atoms with Gasteiger partial charge in [-0.1, -0.05) is 6.07 Å². The first kappa shape index (κ1) is 12.6. The van der Waals surface area contributed by atoms with Crippen LogP contribution in [0.5, 0.6) is 5.75 Å². The lowest BCUT2D eigenvalue weighted by atomic mass is 10.3. The standard InChI is InChI=1S/C13H10FNO2S/c1-18-11-5-6-12(15-8-11)13(16)17-10-4-2-3-9(14)7-10/h2-8H,1H3. The van der Waals surface area contributed by atoms with Crippen LogP contribution < -0.4 is 4.74 Å². The number of carbonyl (C=O) groups is 1. The monoisotopic (exact) mass is 263 g/mol. The van der Waals surface area contributed by atoms with Crippen LogP contribution in [-0.2, 0) is 0 Å². The second-order valence-electron chi connectivity index (χ2n) is 3.43. The van der Waals surface area contributed by atoms with Gasteiger partial charge in [-0.3, -0.25) is 0 Å². The van der Waals surface area contributed by atoms with Crippen molar-refractivity contribution in [3.8, 4) is 5.75 Å². The van der Waals surface area contributed by atoms with Crippen LogP contribution in [0.1, 0.15) is 10.5 Å². The molecule has 2 rings (SSSR count). The van der Waals surface area contributed by atoms with E-state index in [1.807, 2.05) is 6.26 Å². The maximum absolute atomic E-state index is 12.9. The average molecular weight is 263 g/mol. The number of nitrogens with zero attached hydrogens (tertiary/aromatic N) is 1. The van der Waals surface area contributed by atoms with Crippen molar-refractivity contribution in [1.29, 1.82) is 0 Å². The van der Waals surface area contributed by atoms with Gasteiger partial charge in [0.15, 0.2) is 0 Å². The Kier molecular flexibility index (Phi) is 3.94. The first-order valence-corrected chi connectivity index (χ1v) is 6.39. The second-order valence-corrected chi connectivity index (χ2v) is 4.31. The third kappa shape index (κ3) is 3.07. The molecule has 0 N–H and O–H groups in total. The number of halogens is 1. The molecule has 5 heteroatoms. The highest BCUT2D eigenvalue weighted by molar-refractivity contribution is 7.98. The third-order valence-corrected chi connectivity index (χ3v) is 2.90. The second kappa shape index (κ2) is 5.64. The molecule has 0 radical (unpaired) electrons. The zero-order valence-corrected chi connectivity index (χ0v) is 10.4. The van der Waals surface area contributed by atoms with Crippen molar-refractivity contribution in [2.24, 2.45) is 0 Å². The van der Waals surface area contributed by atoms with Gasteiger partial charge in [0.05, 0.1) is 0 Å². The number of rotatable bonds is 3. The van der Waals surface area contributed by atoms with Gasteiger partial charge in [-0.25, -0.2) is 14.2 Å². The van der Waals surface area contributed by atoms with E-state index in [0.717, 1.165) is 11.0 Å². The molecule has 2 aromatic rings. The minimum Gasteiger partial charge on any atom is -0.422 e. The van der Waals surface area contributed by atoms with Crippen LogP contribution in [0.3, 0.4) is 0 Å². The maximum Gasteiger partial charge on any atom is 0.362 e. The van der Waals surface area contributed by atoms with E-state index in [0.29, 0.717) is 0 Å². The van der Waals surface area contributed by atoms with Gasteiger partial charge in [-0.05, 0) is 30.5 Å². The molecular weight excluding hydrogens is 253 g/mol. The normalized spacial score (nSPS) is 10.1. The van der Waals surface area contributed by atoms with Crippen LogP contribution in [0, 0.1) is 5.82 Å². The Morgan fingerprint density at radius 3 is 2.78 bits per heavy atom. The molecule has 0 aliphatic heterocycles. The van der Waals surface area contributed by atoms with E-state index in [9.17, 15) is 9.18 Å². The predicted octanol–water partition coefficient (Wildman–Crippen LogP) is 3.16. The van der Waals surface area contributed by atoms with Crippen LogP contribution in [0.15, 0.2) is 47.5 Å². The highest BCUT2D eigenvalue weighted by atomic mass is 32.2. The molecule has 1 aromatic carbocycles. The van der Waals surface area contributed by atoms with E-state index in [1.165, 1.54) is 30.0 Å². The van der Waals surface area contributed by atoms with Crippen molar-refractivity contribution >= 4 is 17.7 Å². The molecule has 0 unspecified atom stereocenters. The molecule has 1 heterocycles. The molecule has 92 valence electrons. The summed E-state index contributed by atoms with van der Waals surface area (Å²) >= 11 is 1.53. The minimum atomic E-state index is -0.603. The van der Waals surface area contributed by atoms with Gasteiger partial charge in [0.25, 0.3) is 0 Å². The van der Waals surface area contributed by atoms with Gasteiger partial charge in [-0.2, -0.15) is 0 Å². The number of pyridine rings is 1. The summed E-state index contributed by atoms with van der Waals surface area (Å²) in [7, 11) is 0. The van der Waals surface area contributed by atoms with E-state index in [1.54, 1.807) is 18.3 Å².